The average molecular weight is 164 g/mol. The van der Waals surface area contributed by atoms with E-state index in [2.05, 4.69) is 21.1 Å². The lowest BCUT2D eigenvalue weighted by atomic mass is 10.2. The lowest BCUT2D eigenvalue weighted by Crippen LogP contribution is -2.34. The molecule has 1 rings (SSSR count). The summed E-state index contributed by atoms with van der Waals surface area (Å²) in [5, 5.41) is 0. The van der Waals surface area contributed by atoms with Gasteiger partial charge in [0, 0.05) is 11.6 Å². The predicted molar refractivity (Wildman–Crippen MR) is 51.4 cm³/mol. The molecule has 0 saturated carbocycles. The van der Waals surface area contributed by atoms with E-state index in [1.54, 1.807) is 0 Å². The van der Waals surface area contributed by atoms with Gasteiger partial charge in [0.15, 0.2) is 0 Å². The van der Waals surface area contributed by atoms with Gasteiger partial charge in [0.25, 0.3) is 0 Å². The second-order valence-electron chi connectivity index (χ2n) is 3.73. The summed E-state index contributed by atoms with van der Waals surface area (Å²) < 4.78 is 0.738. The highest BCUT2D eigenvalue weighted by atomic mass is 16.1. The molecular weight excluding hydrogens is 150 g/mol. The highest BCUT2D eigenvalue weighted by Gasteiger charge is 2.11. The fraction of sp³-hybridized carbons (Fsp3) is 0.300. The normalized spacial score (nSPS) is 11.2. The van der Waals surface area contributed by atoms with Crippen LogP contribution >= 0.6 is 0 Å². The van der Waals surface area contributed by atoms with Gasteiger partial charge in [0.2, 0.25) is 0 Å². The molecule has 0 bridgehead atoms. The summed E-state index contributed by atoms with van der Waals surface area (Å²) in [7, 11) is 6.22. The van der Waals surface area contributed by atoms with Gasteiger partial charge in [0.1, 0.15) is 12.0 Å². The van der Waals surface area contributed by atoms with Gasteiger partial charge in [0.05, 0.1) is 21.1 Å². The summed E-state index contributed by atoms with van der Waals surface area (Å²) in [6.45, 7) is 0. The van der Waals surface area contributed by atoms with Crippen LogP contribution in [0.2, 0.25) is 0 Å². The van der Waals surface area contributed by atoms with Crippen LogP contribution < -0.4 is 4.48 Å². The van der Waals surface area contributed by atoms with Crippen molar-refractivity contribution >= 4 is 12.0 Å². The van der Waals surface area contributed by atoms with Crippen molar-refractivity contribution in [2.24, 2.45) is 0 Å². The van der Waals surface area contributed by atoms with Crippen LogP contribution in [-0.2, 0) is 0 Å². The van der Waals surface area contributed by atoms with Gasteiger partial charge in [-0.1, -0.05) is 12.1 Å². The first kappa shape index (κ1) is 8.94. The van der Waals surface area contributed by atoms with Crippen LogP contribution in [0, 0.1) is 0 Å². The van der Waals surface area contributed by atoms with Crippen molar-refractivity contribution in [3.8, 4) is 0 Å². The highest BCUT2D eigenvalue weighted by molar-refractivity contribution is 5.76. The van der Waals surface area contributed by atoms with Crippen LogP contribution in [0.5, 0.6) is 0 Å². The Morgan fingerprint density at radius 2 is 1.92 bits per heavy atom. The molecule has 2 nitrogen and oxygen atoms in total. The van der Waals surface area contributed by atoms with Crippen LogP contribution in [0.3, 0.4) is 0 Å². The number of rotatable bonds is 2. The first-order chi connectivity index (χ1) is 5.54. The maximum atomic E-state index is 10.5. The summed E-state index contributed by atoms with van der Waals surface area (Å²) >= 11 is 0. The Morgan fingerprint density at radius 3 is 2.42 bits per heavy atom. The molecule has 2 heteroatoms. The standard InChI is InChI=1S/C10H14NO/c1-11(2,3)10-6-4-5-9(7-10)8-12/h4-8H,1-3H3/q+1. The van der Waals surface area contributed by atoms with E-state index < -0.39 is 0 Å². The van der Waals surface area contributed by atoms with E-state index in [0.717, 1.165) is 22.0 Å². The summed E-state index contributed by atoms with van der Waals surface area (Å²) in [6, 6.07) is 7.65. The topological polar surface area (TPSA) is 17.1 Å². The van der Waals surface area contributed by atoms with Gasteiger partial charge in [-0.15, -0.1) is 0 Å². The monoisotopic (exact) mass is 164 g/mol. The zero-order valence-electron chi connectivity index (χ0n) is 7.74. The predicted octanol–water partition coefficient (Wildman–Crippen LogP) is 1.70. The highest BCUT2D eigenvalue weighted by Crippen LogP contribution is 2.16. The Morgan fingerprint density at radius 1 is 1.25 bits per heavy atom. The third-order valence-electron chi connectivity index (χ3n) is 1.78. The Bertz CT molecular complexity index is 286. The molecule has 64 valence electrons. The van der Waals surface area contributed by atoms with Crippen molar-refractivity contribution in [2.45, 2.75) is 0 Å². The van der Waals surface area contributed by atoms with Crippen molar-refractivity contribution in [1.82, 2.24) is 4.48 Å². The Hall–Kier alpha value is -1.15. The van der Waals surface area contributed by atoms with E-state index in [4.69, 9.17) is 0 Å². The SMILES string of the molecule is C[N+](C)(C)c1cccc(C=O)c1. The fourth-order valence-corrected chi connectivity index (χ4v) is 1.02. The van der Waals surface area contributed by atoms with Crippen LogP contribution in [0.4, 0.5) is 5.69 Å². The molecule has 0 unspecified atom stereocenters. The molecule has 12 heavy (non-hydrogen) atoms. The fourth-order valence-electron chi connectivity index (χ4n) is 1.02. The van der Waals surface area contributed by atoms with Gasteiger partial charge in [-0.05, 0) is 6.07 Å². The maximum absolute atomic E-state index is 10.5. The van der Waals surface area contributed by atoms with Gasteiger partial charge in [-0.3, -0.25) is 9.28 Å². The molecule has 0 radical (unpaired) electrons. The van der Waals surface area contributed by atoms with Crippen LogP contribution in [0.15, 0.2) is 24.3 Å². The molecular formula is C10H14NO+. The number of aldehydes is 1. The van der Waals surface area contributed by atoms with E-state index in [1.807, 2.05) is 24.3 Å². The summed E-state index contributed by atoms with van der Waals surface area (Å²) in [6.07, 6.45) is 0.874. The van der Waals surface area contributed by atoms with Gasteiger partial charge in [-0.2, -0.15) is 0 Å². The van der Waals surface area contributed by atoms with Crippen molar-refractivity contribution in [2.75, 3.05) is 21.1 Å². The van der Waals surface area contributed by atoms with E-state index in [1.165, 1.54) is 0 Å². The van der Waals surface area contributed by atoms with Crippen LogP contribution in [-0.4, -0.2) is 27.4 Å². The van der Waals surface area contributed by atoms with Crippen molar-refractivity contribution in [1.29, 1.82) is 0 Å². The summed E-state index contributed by atoms with van der Waals surface area (Å²) in [5.41, 5.74) is 1.88. The van der Waals surface area contributed by atoms with E-state index in [0.29, 0.717) is 0 Å². The molecule has 0 amide bonds. The van der Waals surface area contributed by atoms with E-state index >= 15 is 0 Å². The molecule has 0 aliphatic carbocycles. The minimum absolute atomic E-state index is 0.737. The smallest absolute Gasteiger partial charge is 0.150 e. The number of nitrogens with zero attached hydrogens (tertiary/aromatic N) is 1. The molecule has 1 aromatic carbocycles. The van der Waals surface area contributed by atoms with Crippen LogP contribution in [0.25, 0.3) is 0 Å². The van der Waals surface area contributed by atoms with Gasteiger partial charge < -0.3 is 0 Å². The number of carbonyl (C=O) groups is 1. The van der Waals surface area contributed by atoms with Gasteiger partial charge in [-0.25, -0.2) is 0 Å². The zero-order chi connectivity index (χ0) is 9.19. The lowest BCUT2D eigenvalue weighted by molar-refractivity contribution is 0.112. The Kier molecular flexibility index (Phi) is 2.29. The maximum Gasteiger partial charge on any atom is 0.150 e. The number of hydrogen-bond donors (Lipinski definition) is 0. The Balaban J connectivity index is 3.10. The van der Waals surface area contributed by atoms with E-state index in [9.17, 15) is 4.79 Å². The van der Waals surface area contributed by atoms with Crippen molar-refractivity contribution in [3.63, 3.8) is 0 Å². The third kappa shape index (κ3) is 1.92. The average Bonchev–Trinajstić information content (AvgIpc) is 2.03. The molecule has 0 aliphatic heterocycles. The van der Waals surface area contributed by atoms with Crippen molar-refractivity contribution < 1.29 is 4.79 Å². The number of hydrogen-bond acceptors (Lipinski definition) is 1. The van der Waals surface area contributed by atoms with Crippen molar-refractivity contribution in [3.05, 3.63) is 29.8 Å². The molecule has 0 fully saturated rings. The first-order valence-corrected chi connectivity index (χ1v) is 3.91. The summed E-state index contributed by atoms with van der Waals surface area (Å²) in [4.78, 5) is 10.5. The molecule has 0 heterocycles. The lowest BCUT2D eigenvalue weighted by Gasteiger charge is -2.23. The molecule has 0 saturated heterocycles. The minimum Gasteiger partial charge on any atom is -0.298 e. The second kappa shape index (κ2) is 3.07. The second-order valence-corrected chi connectivity index (χ2v) is 3.73. The number of benzene rings is 1. The zero-order valence-corrected chi connectivity index (χ0v) is 7.74. The quantitative estimate of drug-likeness (QED) is 0.480. The molecule has 0 spiro atoms. The molecule has 0 atom stereocenters. The molecule has 0 N–H and O–H groups in total. The third-order valence-corrected chi connectivity index (χ3v) is 1.78. The number of carbonyl (C=O) groups excluding carboxylic acids is 1. The van der Waals surface area contributed by atoms with Gasteiger partial charge >= 0.3 is 0 Å². The number of quaternary nitrogens is 1. The van der Waals surface area contributed by atoms with Crippen LogP contribution in [0.1, 0.15) is 10.4 Å². The minimum atomic E-state index is 0.737. The molecule has 1 aromatic rings. The molecule has 0 aromatic heterocycles. The van der Waals surface area contributed by atoms with E-state index in [-0.39, 0.29) is 0 Å². The largest absolute Gasteiger partial charge is 0.298 e. The molecule has 0 aliphatic rings. The summed E-state index contributed by atoms with van der Waals surface area (Å²) in [5.74, 6) is 0. The Labute approximate surface area is 73.0 Å². The first-order valence-electron chi connectivity index (χ1n) is 3.91.